The van der Waals surface area contributed by atoms with Crippen molar-refractivity contribution in [2.45, 2.75) is 6.92 Å². The molecule has 0 atom stereocenters. The van der Waals surface area contributed by atoms with Gasteiger partial charge in [0, 0.05) is 12.4 Å². The Bertz CT molecular complexity index is 494. The predicted molar refractivity (Wildman–Crippen MR) is 73.1 cm³/mol. The lowest BCUT2D eigenvalue weighted by atomic mass is 10.2. The van der Waals surface area contributed by atoms with Crippen LogP contribution in [0.3, 0.4) is 0 Å². The van der Waals surface area contributed by atoms with E-state index in [1.807, 2.05) is 43.3 Å². The van der Waals surface area contributed by atoms with Crippen molar-refractivity contribution in [2.75, 3.05) is 12.0 Å². The lowest BCUT2D eigenvalue weighted by Gasteiger charge is -2.02. The van der Waals surface area contributed by atoms with Gasteiger partial charge in [0.1, 0.15) is 5.75 Å². The number of ether oxygens (including phenoxy) is 1. The monoisotopic (exact) mass is 241 g/mol. The molecule has 0 amide bonds. The van der Waals surface area contributed by atoms with Gasteiger partial charge in [-0.2, -0.15) is 5.10 Å². The SMILES string of the molecule is CCOc1ccc(C=NNc2ccncc2)cc1. The van der Waals surface area contributed by atoms with Crippen LogP contribution in [-0.2, 0) is 0 Å². The van der Waals surface area contributed by atoms with E-state index in [9.17, 15) is 0 Å². The van der Waals surface area contributed by atoms with Crippen LogP contribution in [-0.4, -0.2) is 17.8 Å². The maximum Gasteiger partial charge on any atom is 0.119 e. The van der Waals surface area contributed by atoms with Gasteiger partial charge in [0.2, 0.25) is 0 Å². The highest BCUT2D eigenvalue weighted by atomic mass is 16.5. The fraction of sp³-hybridized carbons (Fsp3) is 0.143. The number of pyridine rings is 1. The Morgan fingerprint density at radius 3 is 2.56 bits per heavy atom. The Balaban J connectivity index is 1.93. The van der Waals surface area contributed by atoms with Crippen LogP contribution < -0.4 is 10.2 Å². The lowest BCUT2D eigenvalue weighted by molar-refractivity contribution is 0.340. The van der Waals surface area contributed by atoms with E-state index < -0.39 is 0 Å². The molecule has 0 fully saturated rings. The standard InChI is InChI=1S/C14H15N3O/c1-2-18-14-5-3-12(4-6-14)11-16-17-13-7-9-15-10-8-13/h3-11H,2H2,1H3,(H,15,17). The second-order valence-corrected chi connectivity index (χ2v) is 3.61. The highest BCUT2D eigenvalue weighted by Crippen LogP contribution is 2.11. The minimum Gasteiger partial charge on any atom is -0.494 e. The normalized spacial score (nSPS) is 10.5. The highest BCUT2D eigenvalue weighted by Gasteiger charge is 1.92. The van der Waals surface area contributed by atoms with Crippen molar-refractivity contribution in [3.05, 3.63) is 54.4 Å². The number of hydrogen-bond donors (Lipinski definition) is 1. The topological polar surface area (TPSA) is 46.5 Å². The van der Waals surface area contributed by atoms with Gasteiger partial charge in [0.15, 0.2) is 0 Å². The molecule has 0 saturated heterocycles. The molecule has 18 heavy (non-hydrogen) atoms. The van der Waals surface area contributed by atoms with Crippen molar-refractivity contribution >= 4 is 11.9 Å². The van der Waals surface area contributed by atoms with Crippen molar-refractivity contribution in [1.82, 2.24) is 4.98 Å². The summed E-state index contributed by atoms with van der Waals surface area (Å²) in [5.41, 5.74) is 4.85. The molecule has 4 nitrogen and oxygen atoms in total. The number of hydrogen-bond acceptors (Lipinski definition) is 4. The second kappa shape index (κ2) is 6.39. The molecule has 2 rings (SSSR count). The molecule has 0 aliphatic heterocycles. The van der Waals surface area contributed by atoms with Crippen molar-refractivity contribution < 1.29 is 4.74 Å². The molecule has 0 unspecified atom stereocenters. The van der Waals surface area contributed by atoms with Gasteiger partial charge in [-0.25, -0.2) is 0 Å². The third-order valence-corrected chi connectivity index (χ3v) is 2.28. The van der Waals surface area contributed by atoms with Crippen LogP contribution in [0.1, 0.15) is 12.5 Å². The van der Waals surface area contributed by atoms with Crippen LogP contribution in [0.15, 0.2) is 53.9 Å². The zero-order chi connectivity index (χ0) is 12.6. The number of benzene rings is 1. The summed E-state index contributed by atoms with van der Waals surface area (Å²) in [6.45, 7) is 2.64. The molecular weight excluding hydrogens is 226 g/mol. The van der Waals surface area contributed by atoms with Gasteiger partial charge >= 0.3 is 0 Å². The van der Waals surface area contributed by atoms with E-state index >= 15 is 0 Å². The smallest absolute Gasteiger partial charge is 0.119 e. The molecule has 0 saturated carbocycles. The molecule has 1 heterocycles. The molecule has 0 aliphatic rings. The summed E-state index contributed by atoms with van der Waals surface area (Å²) in [4.78, 5) is 3.93. The summed E-state index contributed by atoms with van der Waals surface area (Å²) in [5.74, 6) is 0.872. The van der Waals surface area contributed by atoms with E-state index in [0.717, 1.165) is 17.0 Å². The van der Waals surface area contributed by atoms with E-state index in [1.54, 1.807) is 18.6 Å². The maximum absolute atomic E-state index is 5.37. The molecule has 0 radical (unpaired) electrons. The Kier molecular flexibility index (Phi) is 4.30. The summed E-state index contributed by atoms with van der Waals surface area (Å²) in [5, 5.41) is 4.14. The Morgan fingerprint density at radius 1 is 1.17 bits per heavy atom. The van der Waals surface area contributed by atoms with Gasteiger partial charge in [0.05, 0.1) is 18.5 Å². The van der Waals surface area contributed by atoms with Crippen molar-refractivity contribution in [1.29, 1.82) is 0 Å². The van der Waals surface area contributed by atoms with Crippen molar-refractivity contribution in [2.24, 2.45) is 5.10 Å². The molecule has 4 heteroatoms. The summed E-state index contributed by atoms with van der Waals surface area (Å²) in [6, 6.07) is 11.5. The minimum absolute atomic E-state index is 0.678. The molecule has 1 aromatic heterocycles. The van der Waals surface area contributed by atoms with E-state index in [-0.39, 0.29) is 0 Å². The van der Waals surface area contributed by atoms with Crippen LogP contribution in [0.25, 0.3) is 0 Å². The number of nitrogens with zero attached hydrogens (tertiary/aromatic N) is 2. The number of nitrogens with one attached hydrogen (secondary N) is 1. The zero-order valence-corrected chi connectivity index (χ0v) is 10.2. The average molecular weight is 241 g/mol. The summed E-state index contributed by atoms with van der Waals surface area (Å²) < 4.78 is 5.37. The van der Waals surface area contributed by atoms with Gasteiger partial charge in [-0.3, -0.25) is 10.4 Å². The Labute approximate surface area is 106 Å². The van der Waals surface area contributed by atoms with Gasteiger partial charge < -0.3 is 4.74 Å². The van der Waals surface area contributed by atoms with Crippen LogP contribution in [0, 0.1) is 0 Å². The first-order chi connectivity index (χ1) is 8.88. The fourth-order valence-corrected chi connectivity index (χ4v) is 1.42. The average Bonchev–Trinajstić information content (AvgIpc) is 2.42. The molecule has 1 aromatic carbocycles. The first-order valence-corrected chi connectivity index (χ1v) is 5.80. The van der Waals surface area contributed by atoms with E-state index in [4.69, 9.17) is 4.74 Å². The largest absolute Gasteiger partial charge is 0.494 e. The molecule has 92 valence electrons. The van der Waals surface area contributed by atoms with Gasteiger partial charge in [-0.05, 0) is 48.9 Å². The minimum atomic E-state index is 0.678. The van der Waals surface area contributed by atoms with Crippen molar-refractivity contribution in [3.63, 3.8) is 0 Å². The number of anilines is 1. The number of aromatic nitrogens is 1. The summed E-state index contributed by atoms with van der Waals surface area (Å²) in [7, 11) is 0. The number of hydrazone groups is 1. The summed E-state index contributed by atoms with van der Waals surface area (Å²) >= 11 is 0. The van der Waals surface area contributed by atoms with Crippen molar-refractivity contribution in [3.8, 4) is 5.75 Å². The van der Waals surface area contributed by atoms with E-state index in [2.05, 4.69) is 15.5 Å². The van der Waals surface area contributed by atoms with Crippen LogP contribution in [0.2, 0.25) is 0 Å². The van der Waals surface area contributed by atoms with E-state index in [1.165, 1.54) is 0 Å². The maximum atomic E-state index is 5.37. The molecule has 2 aromatic rings. The van der Waals surface area contributed by atoms with Gasteiger partial charge in [-0.15, -0.1) is 0 Å². The molecule has 0 spiro atoms. The van der Waals surface area contributed by atoms with Crippen LogP contribution in [0.4, 0.5) is 5.69 Å². The molecule has 0 aliphatic carbocycles. The third kappa shape index (κ3) is 3.59. The second-order valence-electron chi connectivity index (χ2n) is 3.61. The highest BCUT2D eigenvalue weighted by molar-refractivity contribution is 5.80. The summed E-state index contributed by atoms with van der Waals surface area (Å²) in [6.07, 6.45) is 5.19. The quantitative estimate of drug-likeness (QED) is 0.646. The van der Waals surface area contributed by atoms with E-state index in [0.29, 0.717) is 6.61 Å². The Morgan fingerprint density at radius 2 is 1.89 bits per heavy atom. The molecule has 0 bridgehead atoms. The van der Waals surface area contributed by atoms with Gasteiger partial charge in [-0.1, -0.05) is 0 Å². The lowest BCUT2D eigenvalue weighted by Crippen LogP contribution is -1.92. The first-order valence-electron chi connectivity index (χ1n) is 5.80. The van der Waals surface area contributed by atoms with Gasteiger partial charge in [0.25, 0.3) is 0 Å². The third-order valence-electron chi connectivity index (χ3n) is 2.28. The zero-order valence-electron chi connectivity index (χ0n) is 10.2. The molecule has 1 N–H and O–H groups in total. The van der Waals surface area contributed by atoms with Crippen LogP contribution >= 0.6 is 0 Å². The Hall–Kier alpha value is -2.36. The number of rotatable bonds is 5. The predicted octanol–water partition coefficient (Wildman–Crippen LogP) is 2.93. The first kappa shape index (κ1) is 12.1. The van der Waals surface area contributed by atoms with Crippen LogP contribution in [0.5, 0.6) is 5.75 Å². The fourth-order valence-electron chi connectivity index (χ4n) is 1.42. The molecular formula is C14H15N3O.